The van der Waals surface area contributed by atoms with Crippen molar-refractivity contribution in [2.75, 3.05) is 24.5 Å². The number of hydrogen-bond acceptors (Lipinski definition) is 4. The number of H-pyrrole nitrogens is 1. The molecule has 2 atom stereocenters. The fourth-order valence-corrected chi connectivity index (χ4v) is 3.43. The van der Waals surface area contributed by atoms with Gasteiger partial charge in [0.15, 0.2) is 5.82 Å². The Labute approximate surface area is 117 Å². The van der Waals surface area contributed by atoms with Gasteiger partial charge in [-0.3, -0.25) is 9.69 Å². The lowest BCUT2D eigenvalue weighted by molar-refractivity contribution is 0.115. The van der Waals surface area contributed by atoms with Crippen molar-refractivity contribution in [2.45, 2.75) is 38.3 Å². The Bertz CT molecular complexity index is 518. The number of aromatic amines is 1. The van der Waals surface area contributed by atoms with Gasteiger partial charge < -0.3 is 9.88 Å². The first-order valence-corrected chi connectivity index (χ1v) is 7.28. The zero-order valence-corrected chi connectivity index (χ0v) is 11.9. The van der Waals surface area contributed by atoms with Crippen LogP contribution in [0.1, 0.15) is 26.2 Å². The maximum atomic E-state index is 11.6. The number of fused-ring (bicyclic) bond motifs is 1. The fraction of sp³-hybridized carbons (Fsp3) is 0.692. The number of halogens is 1. The number of anilines is 1. The molecule has 104 valence electrons. The van der Waals surface area contributed by atoms with Gasteiger partial charge in [0.2, 0.25) is 0 Å². The molecule has 0 aliphatic carbocycles. The molecule has 1 aromatic heterocycles. The van der Waals surface area contributed by atoms with Crippen LogP contribution in [0.4, 0.5) is 5.82 Å². The number of piperidine rings is 1. The van der Waals surface area contributed by atoms with Crippen molar-refractivity contribution in [3.05, 3.63) is 21.7 Å². The maximum absolute atomic E-state index is 11.6. The summed E-state index contributed by atoms with van der Waals surface area (Å²) < 4.78 is 0. The predicted molar refractivity (Wildman–Crippen MR) is 75.9 cm³/mol. The van der Waals surface area contributed by atoms with Crippen LogP contribution in [0.3, 0.4) is 0 Å². The first-order chi connectivity index (χ1) is 9.16. The van der Waals surface area contributed by atoms with E-state index in [1.54, 1.807) is 0 Å². The van der Waals surface area contributed by atoms with Crippen LogP contribution in [-0.4, -0.2) is 46.6 Å². The summed E-state index contributed by atoms with van der Waals surface area (Å²) in [5, 5.41) is 0.207. The van der Waals surface area contributed by atoms with Crippen molar-refractivity contribution in [3.8, 4) is 0 Å². The van der Waals surface area contributed by atoms with Crippen LogP contribution < -0.4 is 10.5 Å². The van der Waals surface area contributed by atoms with Crippen molar-refractivity contribution in [1.29, 1.82) is 0 Å². The van der Waals surface area contributed by atoms with Crippen molar-refractivity contribution in [1.82, 2.24) is 14.9 Å². The maximum Gasteiger partial charge on any atom is 0.271 e. The molecule has 0 radical (unpaired) electrons. The molecule has 0 amide bonds. The molecule has 0 spiro atoms. The second-order valence-corrected chi connectivity index (χ2v) is 5.89. The Morgan fingerprint density at radius 2 is 2.26 bits per heavy atom. The van der Waals surface area contributed by atoms with Crippen LogP contribution >= 0.6 is 11.6 Å². The molecule has 3 heterocycles. The molecule has 0 aromatic carbocycles. The molecule has 2 fully saturated rings. The van der Waals surface area contributed by atoms with Crippen molar-refractivity contribution in [2.24, 2.45) is 0 Å². The number of piperazine rings is 1. The number of aromatic nitrogens is 2. The van der Waals surface area contributed by atoms with Crippen LogP contribution in [0, 0.1) is 0 Å². The zero-order chi connectivity index (χ0) is 13.4. The molecule has 2 aliphatic heterocycles. The van der Waals surface area contributed by atoms with Crippen LogP contribution in [0.25, 0.3) is 0 Å². The minimum atomic E-state index is -0.259. The Morgan fingerprint density at radius 3 is 3.11 bits per heavy atom. The molecule has 2 saturated heterocycles. The third-order valence-corrected chi connectivity index (χ3v) is 4.58. The zero-order valence-electron chi connectivity index (χ0n) is 11.1. The molecule has 5 nitrogen and oxygen atoms in total. The van der Waals surface area contributed by atoms with Gasteiger partial charge in [-0.25, -0.2) is 4.98 Å². The molecule has 0 bridgehead atoms. The lowest BCUT2D eigenvalue weighted by atomic mass is 9.97. The molecule has 19 heavy (non-hydrogen) atoms. The standard InChI is InChI=1S/C13H19ClN4O/c1-9-6-17-5-3-2-4-10(17)7-18(9)12-11(14)13(19)16-8-15-12/h8-10H,2-7H2,1H3,(H,15,16,19). The largest absolute Gasteiger partial charge is 0.350 e. The average molecular weight is 283 g/mol. The highest BCUT2D eigenvalue weighted by Gasteiger charge is 2.34. The Balaban J connectivity index is 1.88. The lowest BCUT2D eigenvalue weighted by Crippen LogP contribution is -2.59. The topological polar surface area (TPSA) is 52.2 Å². The molecular weight excluding hydrogens is 264 g/mol. The highest BCUT2D eigenvalue weighted by molar-refractivity contribution is 6.32. The Morgan fingerprint density at radius 1 is 1.42 bits per heavy atom. The van der Waals surface area contributed by atoms with E-state index in [0.717, 1.165) is 13.1 Å². The van der Waals surface area contributed by atoms with E-state index >= 15 is 0 Å². The molecule has 3 rings (SSSR count). The van der Waals surface area contributed by atoms with E-state index in [9.17, 15) is 4.79 Å². The summed E-state index contributed by atoms with van der Waals surface area (Å²) in [5.41, 5.74) is -0.259. The smallest absolute Gasteiger partial charge is 0.271 e. The summed E-state index contributed by atoms with van der Waals surface area (Å²) in [6, 6.07) is 0.906. The summed E-state index contributed by atoms with van der Waals surface area (Å²) in [4.78, 5) is 23.1. The Kier molecular flexibility index (Phi) is 3.50. The van der Waals surface area contributed by atoms with E-state index in [4.69, 9.17) is 11.6 Å². The second-order valence-electron chi connectivity index (χ2n) is 5.52. The molecule has 2 aliphatic rings. The van der Waals surface area contributed by atoms with E-state index in [1.807, 2.05) is 0 Å². The lowest BCUT2D eigenvalue weighted by Gasteiger charge is -2.48. The van der Waals surface area contributed by atoms with Crippen molar-refractivity contribution >= 4 is 17.4 Å². The first kappa shape index (κ1) is 12.9. The normalized spacial score (nSPS) is 28.2. The fourth-order valence-electron chi connectivity index (χ4n) is 3.22. The van der Waals surface area contributed by atoms with Gasteiger partial charge in [0.1, 0.15) is 5.02 Å². The summed E-state index contributed by atoms with van der Waals surface area (Å²) in [7, 11) is 0. The highest BCUT2D eigenvalue weighted by atomic mass is 35.5. The molecule has 1 aromatic rings. The quantitative estimate of drug-likeness (QED) is 0.848. The van der Waals surface area contributed by atoms with Crippen LogP contribution in [-0.2, 0) is 0 Å². The van der Waals surface area contributed by atoms with E-state index in [-0.39, 0.29) is 10.6 Å². The number of nitrogens with zero attached hydrogens (tertiary/aromatic N) is 3. The molecule has 6 heteroatoms. The van der Waals surface area contributed by atoms with Crippen molar-refractivity contribution in [3.63, 3.8) is 0 Å². The minimum absolute atomic E-state index is 0.207. The monoisotopic (exact) mass is 282 g/mol. The average Bonchev–Trinajstić information content (AvgIpc) is 2.41. The first-order valence-electron chi connectivity index (χ1n) is 6.90. The van der Waals surface area contributed by atoms with Gasteiger partial charge in [0.25, 0.3) is 5.56 Å². The van der Waals surface area contributed by atoms with Gasteiger partial charge in [-0.2, -0.15) is 0 Å². The highest BCUT2D eigenvalue weighted by Crippen LogP contribution is 2.29. The second kappa shape index (κ2) is 5.13. The van der Waals surface area contributed by atoms with Gasteiger partial charge >= 0.3 is 0 Å². The molecule has 1 N–H and O–H groups in total. The van der Waals surface area contributed by atoms with E-state index in [0.29, 0.717) is 17.9 Å². The molecule has 0 saturated carbocycles. The van der Waals surface area contributed by atoms with Gasteiger partial charge in [-0.15, -0.1) is 0 Å². The summed E-state index contributed by atoms with van der Waals surface area (Å²) in [6.07, 6.45) is 5.25. The predicted octanol–water partition coefficient (Wildman–Crippen LogP) is 1.49. The van der Waals surface area contributed by atoms with Gasteiger partial charge in [0.05, 0.1) is 6.33 Å². The van der Waals surface area contributed by atoms with Gasteiger partial charge in [-0.05, 0) is 26.3 Å². The third kappa shape index (κ3) is 2.37. The van der Waals surface area contributed by atoms with E-state index < -0.39 is 0 Å². The van der Waals surface area contributed by atoms with Gasteiger partial charge in [0, 0.05) is 25.2 Å². The number of rotatable bonds is 1. The van der Waals surface area contributed by atoms with Crippen LogP contribution in [0.15, 0.2) is 11.1 Å². The van der Waals surface area contributed by atoms with Crippen molar-refractivity contribution < 1.29 is 0 Å². The number of nitrogens with one attached hydrogen (secondary N) is 1. The summed E-state index contributed by atoms with van der Waals surface area (Å²) >= 11 is 6.11. The number of hydrogen-bond donors (Lipinski definition) is 1. The summed E-state index contributed by atoms with van der Waals surface area (Å²) in [6.45, 7) is 5.30. The van der Waals surface area contributed by atoms with E-state index in [2.05, 4.69) is 26.7 Å². The van der Waals surface area contributed by atoms with E-state index in [1.165, 1.54) is 32.1 Å². The third-order valence-electron chi connectivity index (χ3n) is 4.24. The minimum Gasteiger partial charge on any atom is -0.350 e. The van der Waals surface area contributed by atoms with Crippen LogP contribution in [0.5, 0.6) is 0 Å². The Hall–Kier alpha value is -1.07. The van der Waals surface area contributed by atoms with Crippen LogP contribution in [0.2, 0.25) is 5.02 Å². The summed E-state index contributed by atoms with van der Waals surface area (Å²) in [5.74, 6) is 0.628. The SMILES string of the molecule is CC1CN2CCCCC2CN1c1nc[nH]c(=O)c1Cl. The van der Waals surface area contributed by atoms with Gasteiger partial charge in [-0.1, -0.05) is 18.0 Å². The molecular formula is C13H19ClN4O. The molecule has 2 unspecified atom stereocenters.